The predicted molar refractivity (Wildman–Crippen MR) is 117 cm³/mol. The van der Waals surface area contributed by atoms with Crippen LogP contribution in [0.1, 0.15) is 35.6 Å². The summed E-state index contributed by atoms with van der Waals surface area (Å²) in [6, 6.07) is 12.1. The molecule has 0 saturated carbocycles. The number of benzene rings is 2. The molecule has 6 heteroatoms. The molecule has 0 heterocycles. The number of hydrazone groups is 1. The lowest BCUT2D eigenvalue weighted by Crippen LogP contribution is -2.21. The minimum absolute atomic E-state index is 0.110. The summed E-state index contributed by atoms with van der Waals surface area (Å²) in [5, 5.41) is 4.30. The highest BCUT2D eigenvalue weighted by atomic mass is 32.2. The molecule has 0 fully saturated rings. The lowest BCUT2D eigenvalue weighted by Gasteiger charge is -2.11. The van der Waals surface area contributed by atoms with Crippen LogP contribution in [0.2, 0.25) is 0 Å². The Bertz CT molecular complexity index is 829. The third-order valence-corrected chi connectivity index (χ3v) is 5.15. The van der Waals surface area contributed by atoms with Crippen molar-refractivity contribution in [3.8, 4) is 11.5 Å². The molecule has 0 bridgehead atoms. The Balaban J connectivity index is 1.93. The van der Waals surface area contributed by atoms with E-state index < -0.39 is 0 Å². The topological polar surface area (TPSA) is 59.9 Å². The van der Waals surface area contributed by atoms with Crippen LogP contribution in [0.5, 0.6) is 11.5 Å². The number of methoxy groups -OCH3 is 2. The minimum Gasteiger partial charge on any atom is -0.493 e. The molecule has 0 radical (unpaired) electrons. The van der Waals surface area contributed by atoms with Crippen molar-refractivity contribution in [2.45, 2.75) is 32.9 Å². The van der Waals surface area contributed by atoms with Crippen LogP contribution in [-0.4, -0.2) is 31.6 Å². The van der Waals surface area contributed by atoms with Gasteiger partial charge in [-0.1, -0.05) is 36.2 Å². The van der Waals surface area contributed by atoms with Crippen molar-refractivity contribution >= 4 is 23.4 Å². The van der Waals surface area contributed by atoms with Gasteiger partial charge in [-0.2, -0.15) is 5.10 Å². The van der Waals surface area contributed by atoms with Crippen molar-refractivity contribution in [3.05, 3.63) is 58.7 Å². The van der Waals surface area contributed by atoms with E-state index >= 15 is 0 Å². The first kappa shape index (κ1) is 21.8. The van der Waals surface area contributed by atoms with Gasteiger partial charge >= 0.3 is 0 Å². The molecule has 0 aliphatic carbocycles. The molecule has 2 rings (SSSR count). The fourth-order valence-electron chi connectivity index (χ4n) is 2.94. The zero-order valence-electron chi connectivity index (χ0n) is 17.2. The highest BCUT2D eigenvalue weighted by Gasteiger charge is 2.09. The number of hydrogen-bond acceptors (Lipinski definition) is 5. The van der Waals surface area contributed by atoms with Crippen molar-refractivity contribution in [3.63, 3.8) is 0 Å². The summed E-state index contributed by atoms with van der Waals surface area (Å²) in [6.07, 6.45) is 0.686. The van der Waals surface area contributed by atoms with E-state index in [2.05, 4.69) is 42.6 Å². The summed E-state index contributed by atoms with van der Waals surface area (Å²) in [7, 11) is 3.20. The molecular weight excluding hydrogens is 372 g/mol. The first-order valence-electron chi connectivity index (χ1n) is 9.19. The Hall–Kier alpha value is -2.47. The summed E-state index contributed by atoms with van der Waals surface area (Å²) in [6.45, 7) is 6.17. The van der Waals surface area contributed by atoms with Gasteiger partial charge in [-0.05, 0) is 44.0 Å². The molecule has 0 aliphatic rings. The van der Waals surface area contributed by atoms with E-state index in [0.29, 0.717) is 23.7 Å². The van der Waals surface area contributed by atoms with Gasteiger partial charge in [0.2, 0.25) is 5.91 Å². The predicted octanol–water partition coefficient (Wildman–Crippen LogP) is 4.48. The molecule has 0 aliphatic heterocycles. The van der Waals surface area contributed by atoms with Gasteiger partial charge in [0.1, 0.15) is 0 Å². The Morgan fingerprint density at radius 3 is 2.32 bits per heavy atom. The fourth-order valence-corrected chi connectivity index (χ4v) is 3.69. The third-order valence-electron chi connectivity index (χ3n) is 4.15. The van der Waals surface area contributed by atoms with Crippen LogP contribution in [0.15, 0.2) is 41.5 Å². The van der Waals surface area contributed by atoms with Gasteiger partial charge in [-0.25, -0.2) is 5.43 Å². The molecule has 150 valence electrons. The summed E-state index contributed by atoms with van der Waals surface area (Å²) < 4.78 is 10.6. The van der Waals surface area contributed by atoms with Gasteiger partial charge in [-0.3, -0.25) is 4.79 Å². The van der Waals surface area contributed by atoms with Crippen LogP contribution in [-0.2, 0) is 10.5 Å². The van der Waals surface area contributed by atoms with Crippen LogP contribution in [0.3, 0.4) is 0 Å². The molecule has 28 heavy (non-hydrogen) atoms. The number of aryl methyl sites for hydroxylation is 2. The molecule has 0 unspecified atom stereocenters. The standard InChI is InChI=1S/C22H28N2O3S/c1-6-19(18-7-8-20(26-4)21(12-18)27-5)23-24-22(25)14-28-13-17-10-15(2)9-16(3)11-17/h7-12H,6,13-14H2,1-5H3,(H,24,25)/b23-19-. The Morgan fingerprint density at radius 1 is 1.04 bits per heavy atom. The number of carbonyl (C=O) groups excluding carboxylic acids is 1. The number of nitrogens with zero attached hydrogens (tertiary/aromatic N) is 1. The van der Waals surface area contributed by atoms with Crippen molar-refractivity contribution in [2.75, 3.05) is 20.0 Å². The summed E-state index contributed by atoms with van der Waals surface area (Å²) in [5.74, 6) is 2.35. The maximum atomic E-state index is 12.2. The van der Waals surface area contributed by atoms with Crippen LogP contribution < -0.4 is 14.9 Å². The number of nitrogens with one attached hydrogen (secondary N) is 1. The molecule has 1 N–H and O–H groups in total. The normalized spacial score (nSPS) is 11.2. The number of hydrogen-bond donors (Lipinski definition) is 1. The highest BCUT2D eigenvalue weighted by Crippen LogP contribution is 2.28. The molecule has 1 amide bonds. The highest BCUT2D eigenvalue weighted by molar-refractivity contribution is 7.99. The van der Waals surface area contributed by atoms with Crippen molar-refractivity contribution in [1.29, 1.82) is 0 Å². The maximum absolute atomic E-state index is 12.2. The van der Waals surface area contributed by atoms with Gasteiger partial charge in [0.25, 0.3) is 0 Å². The zero-order valence-corrected chi connectivity index (χ0v) is 18.0. The average molecular weight is 401 g/mol. The first-order valence-corrected chi connectivity index (χ1v) is 10.3. The van der Waals surface area contributed by atoms with E-state index in [1.807, 2.05) is 25.1 Å². The lowest BCUT2D eigenvalue weighted by atomic mass is 10.1. The van der Waals surface area contributed by atoms with Crippen molar-refractivity contribution in [1.82, 2.24) is 5.43 Å². The zero-order chi connectivity index (χ0) is 20.5. The van der Waals surface area contributed by atoms with Crippen LogP contribution in [0.25, 0.3) is 0 Å². The molecule has 2 aromatic carbocycles. The number of rotatable bonds is 9. The van der Waals surface area contributed by atoms with Gasteiger partial charge in [0, 0.05) is 11.3 Å². The Labute approximate surface area is 171 Å². The fraction of sp³-hybridized carbons (Fsp3) is 0.364. The van der Waals surface area contributed by atoms with Crippen LogP contribution in [0.4, 0.5) is 0 Å². The number of amides is 1. The summed E-state index contributed by atoms with van der Waals surface area (Å²) >= 11 is 1.58. The van der Waals surface area contributed by atoms with Crippen LogP contribution in [0, 0.1) is 13.8 Å². The molecule has 0 atom stereocenters. The lowest BCUT2D eigenvalue weighted by molar-refractivity contribution is -0.118. The number of ether oxygens (including phenoxy) is 2. The van der Waals surface area contributed by atoms with Gasteiger partial charge < -0.3 is 9.47 Å². The quantitative estimate of drug-likeness (QED) is 0.498. The molecule has 2 aromatic rings. The molecule has 5 nitrogen and oxygen atoms in total. The second-order valence-corrected chi connectivity index (χ2v) is 7.49. The van der Waals surface area contributed by atoms with E-state index in [1.165, 1.54) is 16.7 Å². The Morgan fingerprint density at radius 2 is 1.71 bits per heavy atom. The van der Waals surface area contributed by atoms with Gasteiger partial charge in [-0.15, -0.1) is 11.8 Å². The van der Waals surface area contributed by atoms with Gasteiger partial charge in [0.15, 0.2) is 11.5 Å². The molecule has 0 spiro atoms. The van der Waals surface area contributed by atoms with E-state index in [0.717, 1.165) is 17.0 Å². The van der Waals surface area contributed by atoms with E-state index in [-0.39, 0.29) is 5.91 Å². The smallest absolute Gasteiger partial charge is 0.250 e. The Kier molecular flexibility index (Phi) is 8.39. The first-order chi connectivity index (χ1) is 13.5. The molecule has 0 aromatic heterocycles. The van der Waals surface area contributed by atoms with E-state index in [9.17, 15) is 4.79 Å². The summed E-state index contributed by atoms with van der Waals surface area (Å²) in [4.78, 5) is 12.2. The van der Waals surface area contributed by atoms with Gasteiger partial charge in [0.05, 0.1) is 25.7 Å². The monoisotopic (exact) mass is 400 g/mol. The summed E-state index contributed by atoms with van der Waals surface area (Å²) in [5.41, 5.74) is 8.06. The minimum atomic E-state index is -0.110. The number of thioether (sulfide) groups is 1. The van der Waals surface area contributed by atoms with Crippen LogP contribution >= 0.6 is 11.8 Å². The second-order valence-electron chi connectivity index (χ2n) is 6.51. The SMILES string of the molecule is CC/C(=N/NC(=O)CSCc1cc(C)cc(C)c1)c1ccc(OC)c(OC)c1. The largest absolute Gasteiger partial charge is 0.493 e. The molecular formula is C22H28N2O3S. The molecule has 0 saturated heterocycles. The van der Waals surface area contributed by atoms with Crippen molar-refractivity contribution < 1.29 is 14.3 Å². The van der Waals surface area contributed by atoms with E-state index in [1.54, 1.807) is 26.0 Å². The van der Waals surface area contributed by atoms with E-state index in [4.69, 9.17) is 9.47 Å². The average Bonchev–Trinajstić information content (AvgIpc) is 2.67. The van der Waals surface area contributed by atoms with Crippen molar-refractivity contribution in [2.24, 2.45) is 5.10 Å². The third kappa shape index (κ3) is 6.30. The maximum Gasteiger partial charge on any atom is 0.250 e. The second kappa shape index (κ2) is 10.8. The number of carbonyl (C=O) groups is 1.